The Morgan fingerprint density at radius 1 is 1.07 bits per heavy atom. The lowest BCUT2D eigenvalue weighted by atomic mass is 10.1. The van der Waals surface area contributed by atoms with E-state index in [0.717, 1.165) is 29.7 Å². The number of hydrogen-bond acceptors (Lipinski definition) is 4. The van der Waals surface area contributed by atoms with Crippen LogP contribution in [0.2, 0.25) is 0 Å². The van der Waals surface area contributed by atoms with E-state index >= 15 is 0 Å². The average Bonchev–Trinajstić information content (AvgIpc) is 2.64. The zero-order valence-electron chi connectivity index (χ0n) is 17.2. The van der Waals surface area contributed by atoms with E-state index < -0.39 is 10.0 Å². The minimum Gasteiger partial charge on any atom is -0.376 e. The van der Waals surface area contributed by atoms with Gasteiger partial charge in [-0.25, -0.2) is 12.7 Å². The number of hydrogen-bond donors (Lipinski definition) is 2. The molecule has 0 heterocycles. The monoisotopic (exact) mass is 403 g/mol. The Balaban J connectivity index is 2.09. The topological polar surface area (TPSA) is 78.5 Å². The van der Waals surface area contributed by atoms with Crippen LogP contribution >= 0.6 is 0 Å². The van der Waals surface area contributed by atoms with Gasteiger partial charge in [0.15, 0.2) is 0 Å². The molecule has 1 amide bonds. The van der Waals surface area contributed by atoms with Gasteiger partial charge in [0.2, 0.25) is 15.9 Å². The molecular formula is C21H29N3O3S. The molecule has 28 heavy (non-hydrogen) atoms. The molecule has 0 saturated carbocycles. The van der Waals surface area contributed by atoms with Crippen LogP contribution in [0.3, 0.4) is 0 Å². The fourth-order valence-corrected chi connectivity index (χ4v) is 3.81. The van der Waals surface area contributed by atoms with Crippen molar-refractivity contribution < 1.29 is 13.2 Å². The predicted molar refractivity (Wildman–Crippen MR) is 114 cm³/mol. The molecule has 152 valence electrons. The Bertz CT molecular complexity index is 936. The third-order valence-corrected chi connectivity index (χ3v) is 6.43. The second-order valence-electron chi connectivity index (χ2n) is 7.05. The molecule has 0 aliphatic rings. The molecule has 0 aliphatic heterocycles. The first-order valence-electron chi connectivity index (χ1n) is 9.31. The lowest BCUT2D eigenvalue weighted by Crippen LogP contribution is -2.24. The Kier molecular flexibility index (Phi) is 7.21. The molecule has 0 aromatic heterocycles. The van der Waals surface area contributed by atoms with E-state index in [1.807, 2.05) is 38.1 Å². The van der Waals surface area contributed by atoms with Crippen molar-refractivity contribution in [3.05, 3.63) is 53.1 Å². The molecule has 0 fully saturated rings. The fourth-order valence-electron chi connectivity index (χ4n) is 2.79. The van der Waals surface area contributed by atoms with Crippen molar-refractivity contribution in [1.82, 2.24) is 4.31 Å². The molecule has 2 aromatic rings. The summed E-state index contributed by atoms with van der Waals surface area (Å²) in [5.41, 5.74) is 4.37. The van der Waals surface area contributed by atoms with Crippen molar-refractivity contribution in [2.24, 2.45) is 0 Å². The molecule has 2 aromatic carbocycles. The largest absolute Gasteiger partial charge is 0.376 e. The molecule has 0 atom stereocenters. The molecule has 7 heteroatoms. The Hall–Kier alpha value is -2.38. The number of aryl methyl sites for hydroxylation is 2. The van der Waals surface area contributed by atoms with E-state index in [1.165, 1.54) is 24.0 Å². The molecule has 2 N–H and O–H groups in total. The number of rotatable bonds is 8. The van der Waals surface area contributed by atoms with Gasteiger partial charge in [-0.1, -0.05) is 25.5 Å². The minimum absolute atomic E-state index is 0.0441. The average molecular weight is 404 g/mol. The summed E-state index contributed by atoms with van der Waals surface area (Å²) < 4.78 is 26.0. The van der Waals surface area contributed by atoms with Crippen LogP contribution in [0.25, 0.3) is 0 Å². The quantitative estimate of drug-likeness (QED) is 0.706. The Labute approximate surface area is 168 Å². The highest BCUT2D eigenvalue weighted by molar-refractivity contribution is 7.89. The molecule has 0 radical (unpaired) electrons. The van der Waals surface area contributed by atoms with Crippen molar-refractivity contribution in [3.8, 4) is 0 Å². The van der Waals surface area contributed by atoms with Crippen LogP contribution < -0.4 is 10.6 Å². The summed E-state index contributed by atoms with van der Waals surface area (Å²) in [5, 5.41) is 5.91. The number of carbonyl (C=O) groups is 1. The number of benzene rings is 2. The van der Waals surface area contributed by atoms with Crippen LogP contribution in [0.4, 0.5) is 11.4 Å². The molecule has 0 spiro atoms. The normalized spacial score (nSPS) is 11.5. The van der Waals surface area contributed by atoms with Crippen LogP contribution in [0, 0.1) is 13.8 Å². The lowest BCUT2D eigenvalue weighted by molar-refractivity contribution is -0.114. The maximum absolute atomic E-state index is 12.4. The number of sulfonamides is 1. The smallest absolute Gasteiger partial charge is 0.243 e. The molecular weight excluding hydrogens is 374 g/mol. The minimum atomic E-state index is -3.54. The maximum atomic E-state index is 12.4. The van der Waals surface area contributed by atoms with E-state index in [-0.39, 0.29) is 17.3 Å². The van der Waals surface area contributed by atoms with E-state index in [1.54, 1.807) is 12.1 Å². The van der Waals surface area contributed by atoms with Gasteiger partial charge in [-0.2, -0.15) is 0 Å². The number of nitrogens with zero attached hydrogens (tertiary/aromatic N) is 1. The van der Waals surface area contributed by atoms with Crippen LogP contribution in [-0.2, 0) is 21.2 Å². The van der Waals surface area contributed by atoms with Crippen molar-refractivity contribution in [2.75, 3.05) is 31.3 Å². The summed E-state index contributed by atoms with van der Waals surface area (Å²) in [6.45, 7) is 5.92. The summed E-state index contributed by atoms with van der Waals surface area (Å²) in [5.74, 6) is -0.193. The second-order valence-corrected chi connectivity index (χ2v) is 9.20. The van der Waals surface area contributed by atoms with Crippen LogP contribution in [0.5, 0.6) is 0 Å². The summed E-state index contributed by atoms with van der Waals surface area (Å²) in [7, 11) is -0.548. The molecule has 0 bridgehead atoms. The SMILES string of the molecule is CCCc1ccc(NC(=O)CNc2cc(S(=O)(=O)N(C)C)cc(C)c2C)cc1. The molecule has 0 saturated heterocycles. The van der Waals surface area contributed by atoms with Gasteiger partial charge in [0.1, 0.15) is 0 Å². The first kappa shape index (κ1) is 21.9. The lowest BCUT2D eigenvalue weighted by Gasteiger charge is -2.17. The van der Waals surface area contributed by atoms with Gasteiger partial charge < -0.3 is 10.6 Å². The zero-order chi connectivity index (χ0) is 20.9. The van der Waals surface area contributed by atoms with Gasteiger partial charge in [0.05, 0.1) is 11.4 Å². The van der Waals surface area contributed by atoms with Crippen LogP contribution in [0.15, 0.2) is 41.3 Å². The number of nitrogens with one attached hydrogen (secondary N) is 2. The van der Waals surface area contributed by atoms with Gasteiger partial charge in [0, 0.05) is 25.5 Å². The number of amides is 1. The highest BCUT2D eigenvalue weighted by atomic mass is 32.2. The zero-order valence-corrected chi connectivity index (χ0v) is 18.0. The van der Waals surface area contributed by atoms with E-state index in [0.29, 0.717) is 5.69 Å². The van der Waals surface area contributed by atoms with E-state index in [4.69, 9.17) is 0 Å². The predicted octanol–water partition coefficient (Wildman–Crippen LogP) is 3.56. The highest BCUT2D eigenvalue weighted by Gasteiger charge is 2.19. The maximum Gasteiger partial charge on any atom is 0.243 e. The molecule has 0 unspecified atom stereocenters. The first-order chi connectivity index (χ1) is 13.1. The fraction of sp³-hybridized carbons (Fsp3) is 0.381. The first-order valence-corrected chi connectivity index (χ1v) is 10.8. The third kappa shape index (κ3) is 5.33. The number of carbonyl (C=O) groups excluding carboxylic acids is 1. The molecule has 6 nitrogen and oxygen atoms in total. The van der Waals surface area contributed by atoms with Crippen molar-refractivity contribution >= 4 is 27.3 Å². The Morgan fingerprint density at radius 3 is 2.29 bits per heavy atom. The summed E-state index contributed by atoms with van der Waals surface area (Å²) in [4.78, 5) is 12.5. The van der Waals surface area contributed by atoms with E-state index in [2.05, 4.69) is 17.6 Å². The van der Waals surface area contributed by atoms with Gasteiger partial charge in [-0.3, -0.25) is 4.79 Å². The van der Waals surface area contributed by atoms with Gasteiger partial charge in [-0.05, 0) is 61.2 Å². The van der Waals surface area contributed by atoms with Gasteiger partial charge >= 0.3 is 0 Å². The molecule has 2 rings (SSSR count). The number of anilines is 2. The summed E-state index contributed by atoms with van der Waals surface area (Å²) in [6, 6.07) is 11.0. The summed E-state index contributed by atoms with van der Waals surface area (Å²) in [6.07, 6.45) is 2.09. The van der Waals surface area contributed by atoms with Crippen LogP contribution in [-0.4, -0.2) is 39.3 Å². The Morgan fingerprint density at radius 2 is 1.71 bits per heavy atom. The third-order valence-electron chi connectivity index (χ3n) is 4.64. The van der Waals surface area contributed by atoms with Crippen molar-refractivity contribution in [1.29, 1.82) is 0 Å². The summed E-state index contributed by atoms with van der Waals surface area (Å²) >= 11 is 0. The van der Waals surface area contributed by atoms with Crippen molar-refractivity contribution in [3.63, 3.8) is 0 Å². The van der Waals surface area contributed by atoms with Gasteiger partial charge in [-0.15, -0.1) is 0 Å². The standard InChI is InChI=1S/C21H29N3O3S/c1-6-7-17-8-10-18(11-9-17)23-21(25)14-22-20-13-19(12-15(2)16(20)3)28(26,27)24(4)5/h8-13,22H,6-7,14H2,1-5H3,(H,23,25). The van der Waals surface area contributed by atoms with Crippen molar-refractivity contribution in [2.45, 2.75) is 38.5 Å². The van der Waals surface area contributed by atoms with Crippen LogP contribution in [0.1, 0.15) is 30.0 Å². The second kappa shape index (κ2) is 9.21. The molecule has 0 aliphatic carbocycles. The van der Waals surface area contributed by atoms with Gasteiger partial charge in [0.25, 0.3) is 0 Å². The highest BCUT2D eigenvalue weighted by Crippen LogP contribution is 2.25. The van der Waals surface area contributed by atoms with E-state index in [9.17, 15) is 13.2 Å².